The molecule has 0 aromatic rings. The van der Waals surface area contributed by atoms with Crippen LogP contribution in [0.4, 0.5) is 0 Å². The molecular formula is C41H60O16. The predicted octanol–water partition coefficient (Wildman–Crippen LogP) is 2.18. The molecule has 0 aromatic carbocycles. The zero-order chi connectivity index (χ0) is 40.6. The summed E-state index contributed by atoms with van der Waals surface area (Å²) >= 11 is 0. The second-order valence-corrected chi connectivity index (χ2v) is 17.6. The lowest BCUT2D eigenvalue weighted by Gasteiger charge is -2.51. The van der Waals surface area contributed by atoms with E-state index in [-0.39, 0.29) is 25.0 Å². The van der Waals surface area contributed by atoms with Crippen LogP contribution in [0.5, 0.6) is 0 Å². The van der Waals surface area contributed by atoms with Gasteiger partial charge in [-0.2, -0.15) is 0 Å². The smallest absolute Gasteiger partial charge is 0.336 e. The molecule has 0 aromatic heterocycles. The van der Waals surface area contributed by atoms with E-state index in [0.717, 1.165) is 5.57 Å². The Kier molecular flexibility index (Phi) is 11.8. The molecule has 16 heteroatoms. The molecule has 20 atom stereocenters. The van der Waals surface area contributed by atoms with Gasteiger partial charge in [-0.1, -0.05) is 24.6 Å². The Balaban J connectivity index is 0.878. The first kappa shape index (κ1) is 41.7. The Bertz CT molecular complexity index is 1560. The lowest BCUT2D eigenvalue weighted by molar-refractivity contribution is -0.337. The number of aliphatic hydroxyl groups is 3. The summed E-state index contributed by atoms with van der Waals surface area (Å²) in [5.41, 5.74) is 1.04. The Morgan fingerprint density at radius 1 is 0.825 bits per heavy atom. The number of hydrogen-bond donors (Lipinski definition) is 3. The maximum Gasteiger partial charge on any atom is 0.336 e. The lowest BCUT2D eigenvalue weighted by Crippen LogP contribution is -2.56. The number of methoxy groups -OCH3 is 2. The van der Waals surface area contributed by atoms with Gasteiger partial charge in [-0.15, -0.1) is 0 Å². The van der Waals surface area contributed by atoms with Crippen LogP contribution >= 0.6 is 0 Å². The van der Waals surface area contributed by atoms with E-state index in [9.17, 15) is 24.9 Å². The molecule has 6 heterocycles. The zero-order valence-corrected chi connectivity index (χ0v) is 33.9. The molecule has 0 spiro atoms. The van der Waals surface area contributed by atoms with Crippen LogP contribution < -0.4 is 0 Å². The number of hydrogen-bond acceptors (Lipinski definition) is 16. The number of fused-ring (bicyclic) bond motifs is 3. The molecule has 0 amide bonds. The normalized spacial score (nSPS) is 52.1. The summed E-state index contributed by atoms with van der Waals surface area (Å²) in [6.07, 6.45) is -2.22. The molecule has 3 N–H and O–H groups in total. The van der Waals surface area contributed by atoms with E-state index in [2.05, 4.69) is 6.92 Å². The highest BCUT2D eigenvalue weighted by molar-refractivity contribution is 5.92. The van der Waals surface area contributed by atoms with Crippen LogP contribution in [0.25, 0.3) is 0 Å². The highest BCUT2D eigenvalue weighted by atomic mass is 16.8. The molecule has 8 aliphatic rings. The summed E-state index contributed by atoms with van der Waals surface area (Å²) < 4.78 is 66.3. The van der Waals surface area contributed by atoms with Gasteiger partial charge in [0.15, 0.2) is 18.9 Å². The van der Waals surface area contributed by atoms with Gasteiger partial charge in [0.1, 0.15) is 24.4 Å². The highest BCUT2D eigenvalue weighted by Gasteiger charge is 2.62. The minimum Gasteiger partial charge on any atom is -0.459 e. The fourth-order valence-electron chi connectivity index (χ4n) is 10.9. The number of allylic oxidation sites excluding steroid dienone is 1. The molecule has 8 rings (SSSR count). The van der Waals surface area contributed by atoms with Gasteiger partial charge in [0, 0.05) is 46.0 Å². The van der Waals surface area contributed by atoms with E-state index in [1.807, 2.05) is 19.9 Å². The summed E-state index contributed by atoms with van der Waals surface area (Å²) in [4.78, 5) is 26.7. The third-order valence-corrected chi connectivity index (χ3v) is 14.1. The second kappa shape index (κ2) is 16.1. The first-order valence-corrected chi connectivity index (χ1v) is 20.6. The number of ether oxygens (including phenoxy) is 11. The van der Waals surface area contributed by atoms with E-state index in [0.29, 0.717) is 44.1 Å². The number of carbonyl (C=O) groups is 2. The van der Waals surface area contributed by atoms with Crippen molar-refractivity contribution in [3.05, 3.63) is 23.3 Å². The van der Waals surface area contributed by atoms with Gasteiger partial charge in [0.25, 0.3) is 0 Å². The number of aliphatic hydroxyl groups excluding tert-OH is 3. The molecular weight excluding hydrogens is 748 g/mol. The van der Waals surface area contributed by atoms with Crippen molar-refractivity contribution in [2.75, 3.05) is 20.8 Å². The van der Waals surface area contributed by atoms with Gasteiger partial charge in [-0.3, -0.25) is 4.79 Å². The van der Waals surface area contributed by atoms with Crippen LogP contribution in [0.1, 0.15) is 79.6 Å². The molecule has 16 nitrogen and oxygen atoms in total. The third kappa shape index (κ3) is 7.65. The predicted molar refractivity (Wildman–Crippen MR) is 195 cm³/mol. The molecule has 0 bridgehead atoms. The topological polar surface area (TPSA) is 196 Å². The Hall–Kier alpha value is -2.06. The average Bonchev–Trinajstić information content (AvgIpc) is 3.62. The molecule has 5 saturated heterocycles. The van der Waals surface area contributed by atoms with Crippen LogP contribution in [0, 0.1) is 23.2 Å². The van der Waals surface area contributed by atoms with Gasteiger partial charge in [-0.05, 0) is 57.8 Å². The minimum absolute atomic E-state index is 0.119. The van der Waals surface area contributed by atoms with E-state index >= 15 is 0 Å². The summed E-state index contributed by atoms with van der Waals surface area (Å²) in [5.74, 6) is -3.72. The second-order valence-electron chi connectivity index (χ2n) is 17.6. The van der Waals surface area contributed by atoms with Crippen molar-refractivity contribution in [3.63, 3.8) is 0 Å². The molecule has 2 aliphatic carbocycles. The van der Waals surface area contributed by atoms with E-state index in [4.69, 9.17) is 52.1 Å². The van der Waals surface area contributed by atoms with Crippen molar-refractivity contribution in [2.24, 2.45) is 23.2 Å². The van der Waals surface area contributed by atoms with Crippen molar-refractivity contribution in [1.82, 2.24) is 0 Å². The maximum absolute atomic E-state index is 13.8. The van der Waals surface area contributed by atoms with E-state index in [1.165, 1.54) is 7.11 Å². The van der Waals surface area contributed by atoms with Crippen LogP contribution in [0.2, 0.25) is 0 Å². The summed E-state index contributed by atoms with van der Waals surface area (Å²) in [6, 6.07) is 0. The number of esters is 2. The maximum atomic E-state index is 13.8. The fraction of sp³-hybridized carbons (Fsp3) is 0.854. The van der Waals surface area contributed by atoms with Crippen molar-refractivity contribution in [1.29, 1.82) is 0 Å². The van der Waals surface area contributed by atoms with Crippen molar-refractivity contribution in [3.8, 4) is 0 Å². The Morgan fingerprint density at radius 2 is 1.47 bits per heavy atom. The van der Waals surface area contributed by atoms with Crippen molar-refractivity contribution in [2.45, 2.75) is 177 Å². The van der Waals surface area contributed by atoms with E-state index < -0.39 is 121 Å². The summed E-state index contributed by atoms with van der Waals surface area (Å²) in [7, 11) is 3.16. The van der Waals surface area contributed by atoms with Crippen molar-refractivity contribution >= 4 is 11.9 Å². The largest absolute Gasteiger partial charge is 0.459 e. The van der Waals surface area contributed by atoms with Gasteiger partial charge < -0.3 is 67.4 Å². The van der Waals surface area contributed by atoms with Gasteiger partial charge in [0.05, 0.1) is 67.3 Å². The summed E-state index contributed by atoms with van der Waals surface area (Å²) in [5, 5.41) is 33.0. The van der Waals surface area contributed by atoms with Gasteiger partial charge >= 0.3 is 11.9 Å². The monoisotopic (exact) mass is 808 g/mol. The van der Waals surface area contributed by atoms with Crippen LogP contribution in [-0.2, 0) is 61.7 Å². The zero-order valence-electron chi connectivity index (χ0n) is 33.9. The average molecular weight is 809 g/mol. The first-order valence-electron chi connectivity index (χ1n) is 20.6. The SMILES string of the molecule is CO[C@H]1C[C@@H](O[C@@H]2[C@H](O)C[C@@H](O[C@@H]3[C@H](C)O[C@H](O[C@@H]4CC[C@@]5(C)C(=C[C@@H](O)[C@H]6C(=O)O[C@H]7CO[C@@]8(C)OC(=O)/C(=C\C[C@@H]65)[C@@H]78)C4)C[C@H]3OC)O[C@@H]2C)O[C@H](C)[C@H]1O. The summed E-state index contributed by atoms with van der Waals surface area (Å²) in [6.45, 7) is 9.42. The van der Waals surface area contributed by atoms with Crippen LogP contribution in [-0.4, -0.2) is 146 Å². The van der Waals surface area contributed by atoms with E-state index in [1.54, 1.807) is 27.0 Å². The Morgan fingerprint density at radius 3 is 2.19 bits per heavy atom. The quantitative estimate of drug-likeness (QED) is 0.238. The molecule has 6 fully saturated rings. The minimum atomic E-state index is -1.17. The molecule has 1 saturated carbocycles. The Labute approximate surface area is 333 Å². The molecule has 320 valence electrons. The number of carbonyl (C=O) groups excluding carboxylic acids is 2. The van der Waals surface area contributed by atoms with Crippen LogP contribution in [0.3, 0.4) is 0 Å². The fourth-order valence-corrected chi connectivity index (χ4v) is 10.9. The molecule has 57 heavy (non-hydrogen) atoms. The van der Waals surface area contributed by atoms with Crippen LogP contribution in [0.15, 0.2) is 23.3 Å². The molecule has 0 unspecified atom stereocenters. The molecule has 6 aliphatic heterocycles. The number of rotatable bonds is 8. The third-order valence-electron chi connectivity index (χ3n) is 14.1. The lowest BCUT2D eigenvalue weighted by atomic mass is 9.55. The van der Waals surface area contributed by atoms with Crippen molar-refractivity contribution < 1.29 is 77.0 Å². The first-order chi connectivity index (χ1) is 27.1. The van der Waals surface area contributed by atoms with Gasteiger partial charge in [-0.25, -0.2) is 4.79 Å². The highest BCUT2D eigenvalue weighted by Crippen LogP contribution is 2.56. The molecule has 0 radical (unpaired) electrons. The van der Waals surface area contributed by atoms with Gasteiger partial charge in [0.2, 0.25) is 5.79 Å². The standard InChI is InChI=1S/C41H60O16/c1-18-35(44)27(47-6)15-32(50-18)55-36-19(2)51-30(14-26(36)43)56-37-20(3)52-31(16-28(37)48-7)53-22-10-11-40(4)21(12-22)13-25(42)33-24(40)9-8-23-34-29(54-39(33)46)17-49-41(34,5)57-38(23)45/h8,13,18-20,22,24-37,42-44H,9-12,14-17H2,1-7H3/b23-8-/t18-,19-,20+,22-,24+,25-,26-,27+,28-,29+,30-,31-,32-,33+,34+,35-,36+,37-,40+,41+/m1/s1.